The summed E-state index contributed by atoms with van der Waals surface area (Å²) in [6.07, 6.45) is 18.4. The number of esters is 1. The zero-order valence-electron chi connectivity index (χ0n) is 20.8. The molecule has 182 valence electrons. The second kappa shape index (κ2) is 15.3. The van der Waals surface area contributed by atoms with Crippen LogP contribution < -0.4 is 4.74 Å². The largest absolute Gasteiger partial charge is 0.430 e. The van der Waals surface area contributed by atoms with Gasteiger partial charge in [0.25, 0.3) is 0 Å². The van der Waals surface area contributed by atoms with Crippen molar-refractivity contribution in [3.05, 3.63) is 29.8 Å². The average Bonchev–Trinajstić information content (AvgIpc) is 2.76. The molecule has 0 radical (unpaired) electrons. The molecule has 0 amide bonds. The Balaban J connectivity index is 1.57. The van der Waals surface area contributed by atoms with Crippen LogP contribution in [0.3, 0.4) is 0 Å². The molecule has 0 spiro atoms. The zero-order chi connectivity index (χ0) is 23.1. The molecule has 0 bridgehead atoms. The summed E-state index contributed by atoms with van der Waals surface area (Å²) in [5.74, 6) is -0.780. The molecule has 32 heavy (non-hydrogen) atoms. The maximum atomic E-state index is 12.5. The Kier molecular flexibility index (Phi) is 12.8. The average molecular weight is 447 g/mol. The van der Waals surface area contributed by atoms with Gasteiger partial charge in [-0.1, -0.05) is 102 Å². The highest BCUT2D eigenvalue weighted by Crippen LogP contribution is 2.36. The second-order valence-electron chi connectivity index (χ2n) is 9.53. The fourth-order valence-corrected chi connectivity index (χ4v) is 4.37. The van der Waals surface area contributed by atoms with E-state index in [0.29, 0.717) is 12.8 Å². The van der Waals surface area contributed by atoms with Gasteiger partial charge in [0.05, 0.1) is 12.5 Å². The number of carbonyl (C=O) groups excluding carboxylic acids is 1. The lowest BCUT2D eigenvalue weighted by Crippen LogP contribution is -2.48. The first-order chi connectivity index (χ1) is 15.5. The zero-order valence-corrected chi connectivity index (χ0v) is 20.8. The molecule has 1 aromatic carbocycles. The maximum absolute atomic E-state index is 12.5. The molecule has 0 saturated carbocycles. The van der Waals surface area contributed by atoms with Crippen LogP contribution in [0.25, 0.3) is 0 Å². The number of unbranched alkanes of at least 4 members (excludes halogenated alkanes) is 12. The Hall–Kier alpha value is -1.55. The van der Waals surface area contributed by atoms with Crippen molar-refractivity contribution in [1.29, 1.82) is 0 Å². The fourth-order valence-electron chi connectivity index (χ4n) is 4.37. The summed E-state index contributed by atoms with van der Waals surface area (Å²) < 4.78 is 17.8. The molecule has 0 aliphatic carbocycles. The number of carbonyl (C=O) groups is 1. The predicted octanol–water partition coefficient (Wildman–Crippen LogP) is 8.11. The van der Waals surface area contributed by atoms with Crippen molar-refractivity contribution in [2.75, 3.05) is 0 Å². The molecule has 4 heteroatoms. The van der Waals surface area contributed by atoms with Crippen LogP contribution in [0.1, 0.15) is 123 Å². The molecular formula is C28H46O4. The van der Waals surface area contributed by atoms with Crippen molar-refractivity contribution >= 4 is 5.97 Å². The van der Waals surface area contributed by atoms with E-state index in [4.69, 9.17) is 14.2 Å². The van der Waals surface area contributed by atoms with E-state index in [9.17, 15) is 4.79 Å². The van der Waals surface area contributed by atoms with E-state index in [-0.39, 0.29) is 12.1 Å². The molecule has 1 aliphatic heterocycles. The highest BCUT2D eigenvalue weighted by Gasteiger charge is 2.42. The van der Waals surface area contributed by atoms with E-state index in [1.165, 1.54) is 70.6 Å². The summed E-state index contributed by atoms with van der Waals surface area (Å²) in [7, 11) is 0. The third-order valence-corrected chi connectivity index (χ3v) is 6.11. The summed E-state index contributed by atoms with van der Waals surface area (Å²) in [5, 5.41) is 0. The van der Waals surface area contributed by atoms with Gasteiger partial charge in [-0.05, 0) is 38.3 Å². The van der Waals surface area contributed by atoms with E-state index in [0.717, 1.165) is 30.6 Å². The van der Waals surface area contributed by atoms with Gasteiger partial charge in [-0.15, -0.1) is 0 Å². The van der Waals surface area contributed by atoms with Gasteiger partial charge in [-0.3, -0.25) is 4.79 Å². The predicted molar refractivity (Wildman–Crippen MR) is 131 cm³/mol. The minimum absolute atomic E-state index is 0.0931. The third-order valence-electron chi connectivity index (χ3n) is 6.11. The van der Waals surface area contributed by atoms with Gasteiger partial charge in [-0.2, -0.15) is 0 Å². The van der Waals surface area contributed by atoms with E-state index in [1.54, 1.807) is 0 Å². The van der Waals surface area contributed by atoms with Gasteiger partial charge in [0.2, 0.25) is 0 Å². The van der Waals surface area contributed by atoms with Gasteiger partial charge in [-0.25, -0.2) is 0 Å². The molecule has 0 N–H and O–H groups in total. The summed E-state index contributed by atoms with van der Waals surface area (Å²) in [6, 6.07) is 7.89. The van der Waals surface area contributed by atoms with Gasteiger partial charge in [0, 0.05) is 6.42 Å². The lowest BCUT2D eigenvalue weighted by Gasteiger charge is -2.37. The molecule has 4 nitrogen and oxygen atoms in total. The van der Waals surface area contributed by atoms with Gasteiger partial charge < -0.3 is 14.2 Å². The quantitative estimate of drug-likeness (QED) is 0.138. The standard InChI is InChI=1S/C28H46O4/c1-4-5-6-7-8-9-10-11-12-13-14-15-16-21-27(29)32-28(30-24(2)3)23-22-25-19-17-18-20-26(25)31-28/h17-20,24H,4-16,21-23H2,1-3H3. The summed E-state index contributed by atoms with van der Waals surface area (Å²) in [4.78, 5) is 12.5. The molecule has 1 aliphatic rings. The summed E-state index contributed by atoms with van der Waals surface area (Å²) >= 11 is 0. The molecule has 0 fully saturated rings. The first-order valence-electron chi connectivity index (χ1n) is 13.2. The van der Waals surface area contributed by atoms with Gasteiger partial charge in [0.15, 0.2) is 0 Å². The Bertz CT molecular complexity index is 642. The van der Waals surface area contributed by atoms with Crippen molar-refractivity contribution in [2.45, 2.75) is 136 Å². The minimum Gasteiger partial charge on any atom is -0.430 e. The van der Waals surface area contributed by atoms with E-state index >= 15 is 0 Å². The number of aryl methyl sites for hydroxylation is 1. The van der Waals surface area contributed by atoms with Crippen LogP contribution in [0.2, 0.25) is 0 Å². The number of para-hydroxylation sites is 1. The number of rotatable bonds is 17. The van der Waals surface area contributed by atoms with E-state index in [1.807, 2.05) is 38.1 Å². The fraction of sp³-hybridized carbons (Fsp3) is 0.750. The van der Waals surface area contributed by atoms with Gasteiger partial charge >= 0.3 is 11.9 Å². The van der Waals surface area contributed by atoms with Crippen LogP contribution in [0, 0.1) is 0 Å². The molecule has 1 unspecified atom stereocenters. The third kappa shape index (κ3) is 10.4. The minimum atomic E-state index is -1.30. The normalized spacial score (nSPS) is 17.8. The van der Waals surface area contributed by atoms with Crippen LogP contribution in [-0.4, -0.2) is 18.0 Å². The Morgan fingerprint density at radius 1 is 0.906 bits per heavy atom. The van der Waals surface area contributed by atoms with Crippen molar-refractivity contribution in [1.82, 2.24) is 0 Å². The topological polar surface area (TPSA) is 44.8 Å². The maximum Gasteiger partial charge on any atom is 0.374 e. The van der Waals surface area contributed by atoms with Crippen LogP contribution in [0.5, 0.6) is 5.75 Å². The van der Waals surface area contributed by atoms with Gasteiger partial charge in [0.1, 0.15) is 5.75 Å². The number of hydrogen-bond donors (Lipinski definition) is 0. The number of fused-ring (bicyclic) bond motifs is 1. The van der Waals surface area contributed by atoms with Crippen molar-refractivity contribution < 1.29 is 19.0 Å². The molecule has 1 heterocycles. The lowest BCUT2D eigenvalue weighted by molar-refractivity contribution is -0.344. The lowest BCUT2D eigenvalue weighted by atomic mass is 10.0. The molecular weight excluding hydrogens is 400 g/mol. The monoisotopic (exact) mass is 446 g/mol. The first kappa shape index (κ1) is 26.7. The van der Waals surface area contributed by atoms with E-state index < -0.39 is 5.97 Å². The first-order valence-corrected chi connectivity index (χ1v) is 13.2. The Labute approximate surface area is 196 Å². The van der Waals surface area contributed by atoms with Crippen LogP contribution in [0.15, 0.2) is 24.3 Å². The smallest absolute Gasteiger partial charge is 0.374 e. The van der Waals surface area contributed by atoms with Crippen molar-refractivity contribution in [3.8, 4) is 5.75 Å². The highest BCUT2D eigenvalue weighted by molar-refractivity contribution is 5.69. The van der Waals surface area contributed by atoms with Crippen LogP contribution >= 0.6 is 0 Å². The Morgan fingerprint density at radius 3 is 2.06 bits per heavy atom. The van der Waals surface area contributed by atoms with Crippen LogP contribution in [0.4, 0.5) is 0 Å². The number of hydrogen-bond acceptors (Lipinski definition) is 4. The number of benzene rings is 1. The summed E-state index contributed by atoms with van der Waals surface area (Å²) in [5.41, 5.74) is 1.13. The molecule has 1 aromatic rings. The molecule has 2 rings (SSSR count). The summed E-state index contributed by atoms with van der Waals surface area (Å²) in [6.45, 7) is 6.14. The Morgan fingerprint density at radius 2 is 1.47 bits per heavy atom. The van der Waals surface area contributed by atoms with Crippen molar-refractivity contribution in [3.63, 3.8) is 0 Å². The molecule has 0 saturated heterocycles. The number of ether oxygens (including phenoxy) is 3. The molecule has 1 atom stereocenters. The molecule has 0 aromatic heterocycles. The van der Waals surface area contributed by atoms with Crippen molar-refractivity contribution in [2.24, 2.45) is 0 Å². The SMILES string of the molecule is CCCCCCCCCCCCCCCC(=O)OC1(OC(C)C)CCc2ccccc2O1. The van der Waals surface area contributed by atoms with E-state index in [2.05, 4.69) is 6.92 Å². The highest BCUT2D eigenvalue weighted by atomic mass is 16.9. The second-order valence-corrected chi connectivity index (χ2v) is 9.53. The van der Waals surface area contributed by atoms with Crippen LogP contribution in [-0.2, 0) is 20.7 Å².